The molecule has 0 spiro atoms. The van der Waals surface area contributed by atoms with Crippen LogP contribution in [0.1, 0.15) is 12.5 Å². The van der Waals surface area contributed by atoms with Gasteiger partial charge in [-0.3, -0.25) is 4.79 Å². The highest BCUT2D eigenvalue weighted by molar-refractivity contribution is 8.01. The largest absolute Gasteiger partial charge is 0.272 e. The van der Waals surface area contributed by atoms with E-state index in [0.717, 1.165) is 31.4 Å². The van der Waals surface area contributed by atoms with Gasteiger partial charge in [-0.25, -0.2) is 10.4 Å². The molecule has 1 N–H and O–H groups in total. The number of hydrogen-bond donors (Lipinski definition) is 1. The summed E-state index contributed by atoms with van der Waals surface area (Å²) in [4.78, 5) is 16.7. The van der Waals surface area contributed by atoms with Gasteiger partial charge in [-0.1, -0.05) is 78.5 Å². The molecule has 144 valence electrons. The predicted octanol–water partition coefficient (Wildman–Crippen LogP) is 5.60. The number of carbonyl (C=O) groups is 1. The molecule has 0 radical (unpaired) electrons. The third-order valence-corrected chi connectivity index (χ3v) is 6.54. The van der Waals surface area contributed by atoms with E-state index in [2.05, 4.69) is 39.8 Å². The highest BCUT2D eigenvalue weighted by Crippen LogP contribution is 2.29. The minimum absolute atomic E-state index is 0.144. The molecule has 0 saturated carbocycles. The molecule has 4 rings (SSSR count). The molecular weight excluding hydrogens is 398 g/mol. The van der Waals surface area contributed by atoms with Crippen LogP contribution in [0.15, 0.2) is 88.3 Å². The number of rotatable bonds is 6. The first-order valence-corrected chi connectivity index (χ1v) is 11.0. The fourth-order valence-corrected chi connectivity index (χ4v) is 4.68. The monoisotopic (exact) mass is 417 g/mol. The Kier molecular flexibility index (Phi) is 6.03. The fourth-order valence-electron chi connectivity index (χ4n) is 2.82. The number of hydrazone groups is 1. The Bertz CT molecular complexity index is 1120. The smallest absolute Gasteiger partial charge is 0.250 e. The number of amides is 1. The van der Waals surface area contributed by atoms with Crippen LogP contribution in [0.5, 0.6) is 0 Å². The van der Waals surface area contributed by atoms with Gasteiger partial charge in [0.25, 0.3) is 5.91 Å². The third-order valence-electron chi connectivity index (χ3n) is 4.36. The van der Waals surface area contributed by atoms with E-state index < -0.39 is 0 Å². The van der Waals surface area contributed by atoms with Crippen molar-refractivity contribution in [3.05, 3.63) is 84.4 Å². The molecule has 29 heavy (non-hydrogen) atoms. The Balaban J connectivity index is 1.33. The first-order valence-electron chi connectivity index (χ1n) is 9.16. The quantitative estimate of drug-likeness (QED) is 0.253. The lowest BCUT2D eigenvalue weighted by molar-refractivity contribution is -0.118. The number of nitrogens with one attached hydrogen (secondary N) is 1. The van der Waals surface area contributed by atoms with Gasteiger partial charge in [0.05, 0.1) is 21.7 Å². The number of carbonyl (C=O) groups excluding carboxylic acids is 1. The third kappa shape index (κ3) is 4.91. The Hall–Kier alpha value is -2.96. The van der Waals surface area contributed by atoms with Crippen LogP contribution in [0, 0.1) is 0 Å². The Morgan fingerprint density at radius 1 is 0.966 bits per heavy atom. The minimum Gasteiger partial charge on any atom is -0.272 e. The van der Waals surface area contributed by atoms with Gasteiger partial charge < -0.3 is 0 Å². The lowest BCUT2D eigenvalue weighted by Gasteiger charge is -2.05. The Morgan fingerprint density at radius 3 is 2.41 bits per heavy atom. The summed E-state index contributed by atoms with van der Waals surface area (Å²) in [6, 6.07) is 26.4. The number of para-hydroxylation sites is 1. The van der Waals surface area contributed by atoms with E-state index in [1.807, 2.05) is 61.5 Å². The molecule has 0 atom stereocenters. The summed E-state index contributed by atoms with van der Waals surface area (Å²) in [6.45, 7) is 1.89. The van der Waals surface area contributed by atoms with Crippen molar-refractivity contribution in [2.24, 2.45) is 5.10 Å². The lowest BCUT2D eigenvalue weighted by atomic mass is 10.0. The first kappa shape index (κ1) is 19.4. The topological polar surface area (TPSA) is 54.4 Å². The molecule has 6 heteroatoms. The molecule has 4 aromatic rings. The molecule has 1 heterocycles. The summed E-state index contributed by atoms with van der Waals surface area (Å²) >= 11 is 3.02. The SMILES string of the molecule is C/C(=N/NC(=O)CSc1nc2ccccc2s1)c1ccc(-c2ccccc2)cc1. The van der Waals surface area contributed by atoms with Crippen LogP contribution in [0.3, 0.4) is 0 Å². The van der Waals surface area contributed by atoms with Crippen LogP contribution in [0.25, 0.3) is 21.3 Å². The second kappa shape index (κ2) is 9.03. The van der Waals surface area contributed by atoms with Gasteiger partial charge in [0.2, 0.25) is 0 Å². The van der Waals surface area contributed by atoms with Crippen LogP contribution >= 0.6 is 23.1 Å². The summed E-state index contributed by atoms with van der Waals surface area (Å²) in [5.74, 6) is 0.137. The number of benzene rings is 3. The van der Waals surface area contributed by atoms with E-state index in [1.165, 1.54) is 17.3 Å². The zero-order chi connectivity index (χ0) is 20.1. The highest BCUT2D eigenvalue weighted by atomic mass is 32.2. The van der Waals surface area contributed by atoms with Crippen LogP contribution in [-0.4, -0.2) is 22.4 Å². The summed E-state index contributed by atoms with van der Waals surface area (Å²) in [6.07, 6.45) is 0. The van der Waals surface area contributed by atoms with Crippen LogP contribution in [0.2, 0.25) is 0 Å². The van der Waals surface area contributed by atoms with Crippen LogP contribution in [0.4, 0.5) is 0 Å². The van der Waals surface area contributed by atoms with E-state index in [-0.39, 0.29) is 11.7 Å². The van der Waals surface area contributed by atoms with Gasteiger partial charge in [0, 0.05) is 0 Å². The highest BCUT2D eigenvalue weighted by Gasteiger charge is 2.07. The van der Waals surface area contributed by atoms with E-state index in [9.17, 15) is 4.79 Å². The van der Waals surface area contributed by atoms with Crippen LogP contribution < -0.4 is 5.43 Å². The number of nitrogens with zero attached hydrogens (tertiary/aromatic N) is 2. The lowest BCUT2D eigenvalue weighted by Crippen LogP contribution is -2.21. The van der Waals surface area contributed by atoms with Gasteiger partial charge in [0.1, 0.15) is 0 Å². The fraction of sp³-hybridized carbons (Fsp3) is 0.0870. The molecule has 0 saturated heterocycles. The van der Waals surface area contributed by atoms with Crippen molar-refractivity contribution in [1.29, 1.82) is 0 Å². The first-order chi connectivity index (χ1) is 14.2. The Labute approximate surface area is 177 Å². The van der Waals surface area contributed by atoms with Gasteiger partial charge in [-0.2, -0.15) is 5.10 Å². The van der Waals surface area contributed by atoms with Crippen molar-refractivity contribution in [2.75, 3.05) is 5.75 Å². The second-order valence-corrected chi connectivity index (χ2v) is 8.66. The number of fused-ring (bicyclic) bond motifs is 1. The number of aromatic nitrogens is 1. The van der Waals surface area contributed by atoms with Crippen molar-refractivity contribution >= 4 is 44.9 Å². The normalized spacial score (nSPS) is 11.6. The van der Waals surface area contributed by atoms with Crippen molar-refractivity contribution in [1.82, 2.24) is 10.4 Å². The Morgan fingerprint density at radius 2 is 1.66 bits per heavy atom. The van der Waals surface area contributed by atoms with Gasteiger partial charge in [-0.15, -0.1) is 11.3 Å². The summed E-state index contributed by atoms with van der Waals surface area (Å²) in [7, 11) is 0. The maximum absolute atomic E-state index is 12.1. The molecule has 0 fully saturated rings. The minimum atomic E-state index is -0.144. The standard InChI is InChI=1S/C23H19N3OS2/c1-16(17-11-13-19(14-12-17)18-7-3-2-4-8-18)25-26-22(27)15-28-23-24-20-9-5-6-10-21(20)29-23/h2-14H,15H2,1H3,(H,26,27)/b25-16-. The van der Waals surface area contributed by atoms with Crippen LogP contribution in [-0.2, 0) is 4.79 Å². The number of thioether (sulfide) groups is 1. The molecule has 0 aliphatic carbocycles. The summed E-state index contributed by atoms with van der Waals surface area (Å²) in [5.41, 5.74) is 7.67. The molecule has 3 aromatic carbocycles. The summed E-state index contributed by atoms with van der Waals surface area (Å²) < 4.78 is 2.02. The molecule has 1 amide bonds. The van der Waals surface area contributed by atoms with E-state index in [4.69, 9.17) is 0 Å². The van der Waals surface area contributed by atoms with Gasteiger partial charge in [0.15, 0.2) is 4.34 Å². The van der Waals surface area contributed by atoms with Crippen molar-refractivity contribution < 1.29 is 4.79 Å². The van der Waals surface area contributed by atoms with Crippen molar-refractivity contribution in [2.45, 2.75) is 11.3 Å². The van der Waals surface area contributed by atoms with Crippen molar-refractivity contribution in [3.8, 4) is 11.1 Å². The van der Waals surface area contributed by atoms with E-state index in [0.29, 0.717) is 0 Å². The maximum atomic E-state index is 12.1. The van der Waals surface area contributed by atoms with Crippen molar-refractivity contribution in [3.63, 3.8) is 0 Å². The average molecular weight is 418 g/mol. The van der Waals surface area contributed by atoms with E-state index in [1.54, 1.807) is 11.3 Å². The molecule has 1 aromatic heterocycles. The number of hydrogen-bond acceptors (Lipinski definition) is 5. The summed E-state index contributed by atoms with van der Waals surface area (Å²) in [5, 5.41) is 4.24. The number of thiazole rings is 1. The molecule has 0 aliphatic rings. The molecular formula is C23H19N3OS2. The van der Waals surface area contributed by atoms with E-state index >= 15 is 0 Å². The van der Waals surface area contributed by atoms with Gasteiger partial charge >= 0.3 is 0 Å². The molecule has 4 nitrogen and oxygen atoms in total. The maximum Gasteiger partial charge on any atom is 0.250 e. The zero-order valence-corrected chi connectivity index (χ0v) is 17.5. The molecule has 0 aliphatic heterocycles. The van der Waals surface area contributed by atoms with Gasteiger partial charge in [-0.05, 0) is 35.7 Å². The predicted molar refractivity (Wildman–Crippen MR) is 123 cm³/mol. The second-order valence-electron chi connectivity index (χ2n) is 6.41. The zero-order valence-electron chi connectivity index (χ0n) is 15.8. The molecule has 0 unspecified atom stereocenters. The average Bonchev–Trinajstić information content (AvgIpc) is 3.20. The molecule has 0 bridgehead atoms.